The Morgan fingerprint density at radius 1 is 1.44 bits per heavy atom. The van der Waals surface area contributed by atoms with Gasteiger partial charge in [-0.1, -0.05) is 0 Å². The first kappa shape index (κ1) is 12.6. The lowest BCUT2D eigenvalue weighted by atomic mass is 9.99. The molecule has 3 nitrogen and oxygen atoms in total. The zero-order valence-electron chi connectivity index (χ0n) is 11.3. The second-order valence-corrected chi connectivity index (χ2v) is 6.82. The molecule has 2 aliphatic carbocycles. The van der Waals surface area contributed by atoms with Gasteiger partial charge in [0.05, 0.1) is 11.2 Å². The van der Waals surface area contributed by atoms with E-state index in [0.29, 0.717) is 6.04 Å². The summed E-state index contributed by atoms with van der Waals surface area (Å²) >= 11 is 1.92. The third-order valence-electron chi connectivity index (χ3n) is 3.97. The van der Waals surface area contributed by atoms with Crippen LogP contribution >= 0.6 is 11.3 Å². The maximum atomic E-state index is 5.28. The van der Waals surface area contributed by atoms with Gasteiger partial charge in [0.1, 0.15) is 5.01 Å². The number of hydrogen-bond acceptors (Lipinski definition) is 4. The lowest BCUT2D eigenvalue weighted by molar-refractivity contribution is 0.158. The second kappa shape index (κ2) is 4.91. The molecular formula is C14H22N2OS. The molecule has 0 aromatic carbocycles. The molecule has 1 aromatic heterocycles. The molecular weight excluding hydrogens is 244 g/mol. The number of thiazole rings is 1. The molecule has 1 saturated carbocycles. The summed E-state index contributed by atoms with van der Waals surface area (Å²) < 4.78 is 5.28. The van der Waals surface area contributed by atoms with E-state index >= 15 is 0 Å². The van der Waals surface area contributed by atoms with E-state index in [1.807, 2.05) is 11.3 Å². The van der Waals surface area contributed by atoms with E-state index in [1.165, 1.54) is 47.7 Å². The Morgan fingerprint density at radius 2 is 2.28 bits per heavy atom. The molecule has 1 unspecified atom stereocenters. The number of fused-ring (bicyclic) bond motifs is 1. The quantitative estimate of drug-likeness (QED) is 0.859. The van der Waals surface area contributed by atoms with Gasteiger partial charge in [0.15, 0.2) is 0 Å². The molecule has 1 N–H and O–H groups in total. The standard InChI is InChI=1S/C14H22N2OS/c1-14(8-9-17-2,16-10-6-7-10)13-15-11-4-3-5-12(11)18-13/h10,16H,3-9H2,1-2H3. The molecule has 0 bridgehead atoms. The third kappa shape index (κ3) is 2.46. The smallest absolute Gasteiger partial charge is 0.113 e. The van der Waals surface area contributed by atoms with Crippen molar-refractivity contribution in [3.8, 4) is 0 Å². The van der Waals surface area contributed by atoms with Crippen LogP contribution in [-0.2, 0) is 23.1 Å². The zero-order valence-corrected chi connectivity index (χ0v) is 12.1. The summed E-state index contributed by atoms with van der Waals surface area (Å²) in [6.07, 6.45) is 7.33. The van der Waals surface area contributed by atoms with Crippen molar-refractivity contribution in [2.75, 3.05) is 13.7 Å². The van der Waals surface area contributed by atoms with Crippen molar-refractivity contribution < 1.29 is 4.74 Å². The van der Waals surface area contributed by atoms with Crippen molar-refractivity contribution in [2.24, 2.45) is 0 Å². The number of aryl methyl sites for hydroxylation is 2. The Bertz CT molecular complexity index is 406. The Kier molecular flexibility index (Phi) is 3.43. The van der Waals surface area contributed by atoms with Crippen molar-refractivity contribution in [2.45, 2.75) is 57.0 Å². The minimum Gasteiger partial charge on any atom is -0.385 e. The fourth-order valence-electron chi connectivity index (χ4n) is 2.65. The van der Waals surface area contributed by atoms with Gasteiger partial charge in [-0.15, -0.1) is 11.3 Å². The van der Waals surface area contributed by atoms with Gasteiger partial charge in [0.2, 0.25) is 0 Å². The van der Waals surface area contributed by atoms with Crippen molar-refractivity contribution in [1.82, 2.24) is 10.3 Å². The molecule has 0 radical (unpaired) electrons. The average molecular weight is 266 g/mol. The largest absolute Gasteiger partial charge is 0.385 e. The van der Waals surface area contributed by atoms with Crippen molar-refractivity contribution in [3.63, 3.8) is 0 Å². The van der Waals surface area contributed by atoms with E-state index in [4.69, 9.17) is 9.72 Å². The number of nitrogens with zero attached hydrogens (tertiary/aromatic N) is 1. The van der Waals surface area contributed by atoms with Gasteiger partial charge in [-0.2, -0.15) is 0 Å². The van der Waals surface area contributed by atoms with Gasteiger partial charge in [0.25, 0.3) is 0 Å². The van der Waals surface area contributed by atoms with Crippen LogP contribution in [0.25, 0.3) is 0 Å². The highest BCUT2D eigenvalue weighted by Crippen LogP contribution is 2.37. The molecule has 1 aromatic rings. The van der Waals surface area contributed by atoms with Gasteiger partial charge in [0, 0.05) is 24.6 Å². The number of rotatable bonds is 6. The van der Waals surface area contributed by atoms with Crippen LogP contribution in [0.15, 0.2) is 0 Å². The van der Waals surface area contributed by atoms with Crippen molar-refractivity contribution in [1.29, 1.82) is 0 Å². The zero-order chi connectivity index (χ0) is 12.6. The number of nitrogens with one attached hydrogen (secondary N) is 1. The summed E-state index contributed by atoms with van der Waals surface area (Å²) in [6.45, 7) is 3.08. The first-order chi connectivity index (χ1) is 8.71. The predicted molar refractivity (Wildman–Crippen MR) is 74.1 cm³/mol. The number of methoxy groups -OCH3 is 1. The predicted octanol–water partition coefficient (Wildman–Crippen LogP) is 2.64. The van der Waals surface area contributed by atoms with Crippen LogP contribution < -0.4 is 5.32 Å². The molecule has 2 aliphatic rings. The number of hydrogen-bond donors (Lipinski definition) is 1. The molecule has 3 rings (SSSR count). The second-order valence-electron chi connectivity index (χ2n) is 5.74. The maximum Gasteiger partial charge on any atom is 0.113 e. The van der Waals surface area contributed by atoms with Gasteiger partial charge < -0.3 is 10.1 Å². The summed E-state index contributed by atoms with van der Waals surface area (Å²) in [7, 11) is 1.78. The molecule has 0 aliphatic heterocycles. The monoisotopic (exact) mass is 266 g/mol. The minimum atomic E-state index is 0.00613. The van der Waals surface area contributed by atoms with Gasteiger partial charge in [-0.05, 0) is 45.4 Å². The van der Waals surface area contributed by atoms with E-state index in [-0.39, 0.29) is 5.54 Å². The SMILES string of the molecule is COCCC(C)(NC1CC1)c1nc2c(s1)CCC2. The van der Waals surface area contributed by atoms with Gasteiger partial charge >= 0.3 is 0 Å². The topological polar surface area (TPSA) is 34.1 Å². The molecule has 0 spiro atoms. The number of ether oxygens (including phenoxy) is 1. The highest BCUT2D eigenvalue weighted by molar-refractivity contribution is 7.12. The summed E-state index contributed by atoms with van der Waals surface area (Å²) in [5.41, 5.74) is 1.36. The average Bonchev–Trinajstić information content (AvgIpc) is 2.89. The molecule has 1 atom stereocenters. The Labute approximate surface area is 113 Å². The Morgan fingerprint density at radius 3 is 2.94 bits per heavy atom. The maximum absolute atomic E-state index is 5.28. The normalized spacial score (nSPS) is 21.9. The molecule has 18 heavy (non-hydrogen) atoms. The highest BCUT2D eigenvalue weighted by Gasteiger charge is 2.36. The van der Waals surface area contributed by atoms with Crippen molar-refractivity contribution >= 4 is 11.3 Å². The first-order valence-electron chi connectivity index (χ1n) is 6.97. The lowest BCUT2D eigenvalue weighted by Crippen LogP contribution is -2.42. The lowest BCUT2D eigenvalue weighted by Gasteiger charge is -2.29. The minimum absolute atomic E-state index is 0.00613. The molecule has 0 saturated heterocycles. The van der Waals surface area contributed by atoms with E-state index in [2.05, 4.69) is 12.2 Å². The van der Waals surface area contributed by atoms with Gasteiger partial charge in [-0.3, -0.25) is 0 Å². The summed E-state index contributed by atoms with van der Waals surface area (Å²) in [5, 5.41) is 5.05. The Hall–Kier alpha value is -0.450. The molecule has 1 heterocycles. The van der Waals surface area contributed by atoms with E-state index in [0.717, 1.165) is 13.0 Å². The van der Waals surface area contributed by atoms with Crippen molar-refractivity contribution in [3.05, 3.63) is 15.6 Å². The van der Waals surface area contributed by atoms with Crippen LogP contribution in [0.3, 0.4) is 0 Å². The van der Waals surface area contributed by atoms with Crippen LogP contribution in [-0.4, -0.2) is 24.7 Å². The van der Waals surface area contributed by atoms with Crippen LogP contribution in [0.2, 0.25) is 0 Å². The Balaban J connectivity index is 1.81. The number of aromatic nitrogens is 1. The summed E-state index contributed by atoms with van der Waals surface area (Å²) in [5.74, 6) is 0. The fourth-order valence-corrected chi connectivity index (χ4v) is 3.94. The highest BCUT2D eigenvalue weighted by atomic mass is 32.1. The third-order valence-corrected chi connectivity index (χ3v) is 5.40. The first-order valence-corrected chi connectivity index (χ1v) is 7.78. The summed E-state index contributed by atoms with van der Waals surface area (Å²) in [4.78, 5) is 6.42. The molecule has 4 heteroatoms. The van der Waals surface area contributed by atoms with Crippen LogP contribution in [0.5, 0.6) is 0 Å². The van der Waals surface area contributed by atoms with E-state index < -0.39 is 0 Å². The summed E-state index contributed by atoms with van der Waals surface area (Å²) in [6, 6.07) is 0.700. The molecule has 100 valence electrons. The molecule has 0 amide bonds. The van der Waals surface area contributed by atoms with E-state index in [9.17, 15) is 0 Å². The van der Waals surface area contributed by atoms with Crippen LogP contribution in [0.4, 0.5) is 0 Å². The van der Waals surface area contributed by atoms with Crippen LogP contribution in [0.1, 0.15) is 48.2 Å². The van der Waals surface area contributed by atoms with Gasteiger partial charge in [-0.25, -0.2) is 4.98 Å². The molecule has 1 fully saturated rings. The van der Waals surface area contributed by atoms with Crippen LogP contribution in [0, 0.1) is 0 Å². The van der Waals surface area contributed by atoms with E-state index in [1.54, 1.807) is 7.11 Å². The fraction of sp³-hybridized carbons (Fsp3) is 0.786.